The predicted octanol–water partition coefficient (Wildman–Crippen LogP) is 3.14. The summed E-state index contributed by atoms with van der Waals surface area (Å²) >= 11 is 8.11. The van der Waals surface area contributed by atoms with Gasteiger partial charge in [0.15, 0.2) is 0 Å². The highest BCUT2D eigenvalue weighted by atomic mass is 35.5. The van der Waals surface area contributed by atoms with Gasteiger partial charge < -0.3 is 5.32 Å². The summed E-state index contributed by atoms with van der Waals surface area (Å²) in [5.41, 5.74) is 0. The zero-order valence-electron chi connectivity index (χ0n) is 11.7. The standard InChI is InChI=1S/C14H15ClN2O3S2/c15-11-6-5-10(22-11)13(19)16-8-3-1-2-4-9(8)17-12(18)7-21-14(17)20/h5-6,8-9H,1-4,7H2,(H,16,19)/t8-,9-/m1/s1. The average Bonchev–Trinajstić information content (AvgIpc) is 3.06. The first-order chi connectivity index (χ1) is 10.6. The Morgan fingerprint density at radius 1 is 1.27 bits per heavy atom. The first-order valence-corrected chi connectivity index (χ1v) is 9.29. The smallest absolute Gasteiger partial charge is 0.289 e. The number of nitrogens with one attached hydrogen (secondary N) is 1. The fraction of sp³-hybridized carbons (Fsp3) is 0.500. The number of imide groups is 1. The van der Waals surface area contributed by atoms with Crippen LogP contribution in [0.4, 0.5) is 4.79 Å². The van der Waals surface area contributed by atoms with Crippen LogP contribution >= 0.6 is 34.7 Å². The summed E-state index contributed by atoms with van der Waals surface area (Å²) in [6.07, 6.45) is 3.46. The maximum atomic E-state index is 12.3. The molecular formula is C14H15ClN2O3S2. The highest BCUT2D eigenvalue weighted by Crippen LogP contribution is 2.30. The van der Waals surface area contributed by atoms with E-state index < -0.39 is 0 Å². The van der Waals surface area contributed by atoms with Crippen molar-refractivity contribution in [3.05, 3.63) is 21.3 Å². The van der Waals surface area contributed by atoms with Gasteiger partial charge in [0.05, 0.1) is 27.1 Å². The second-order valence-electron chi connectivity index (χ2n) is 5.35. The van der Waals surface area contributed by atoms with Crippen molar-refractivity contribution < 1.29 is 14.4 Å². The first kappa shape index (κ1) is 15.8. The number of thioether (sulfide) groups is 1. The maximum Gasteiger partial charge on any atom is 0.289 e. The van der Waals surface area contributed by atoms with Gasteiger partial charge in [-0.25, -0.2) is 0 Å². The van der Waals surface area contributed by atoms with Crippen LogP contribution in [0, 0.1) is 0 Å². The second kappa shape index (κ2) is 6.60. The number of carbonyl (C=O) groups is 3. The van der Waals surface area contributed by atoms with Crippen LogP contribution < -0.4 is 5.32 Å². The Balaban J connectivity index is 1.74. The molecule has 2 atom stereocenters. The molecule has 2 fully saturated rings. The van der Waals surface area contributed by atoms with Crippen molar-refractivity contribution in [1.82, 2.24) is 10.2 Å². The van der Waals surface area contributed by atoms with Crippen molar-refractivity contribution in [3.63, 3.8) is 0 Å². The van der Waals surface area contributed by atoms with Gasteiger partial charge in [-0.3, -0.25) is 19.3 Å². The van der Waals surface area contributed by atoms with Crippen LogP contribution in [0.25, 0.3) is 0 Å². The highest BCUT2D eigenvalue weighted by molar-refractivity contribution is 8.14. The SMILES string of the molecule is O=C(N[C@@H]1CCCC[C@H]1N1C(=O)CSC1=O)c1ccc(Cl)s1. The molecule has 0 aromatic carbocycles. The van der Waals surface area contributed by atoms with Crippen LogP contribution in [0.15, 0.2) is 12.1 Å². The third-order valence-corrected chi connectivity index (χ3v) is 6.02. The van der Waals surface area contributed by atoms with E-state index in [1.807, 2.05) is 0 Å². The van der Waals surface area contributed by atoms with E-state index in [-0.39, 0.29) is 34.9 Å². The Morgan fingerprint density at radius 2 is 2.05 bits per heavy atom. The van der Waals surface area contributed by atoms with Crippen LogP contribution in [0.5, 0.6) is 0 Å². The molecule has 0 radical (unpaired) electrons. The lowest BCUT2D eigenvalue weighted by molar-refractivity contribution is -0.127. The number of nitrogens with zero attached hydrogens (tertiary/aromatic N) is 1. The van der Waals surface area contributed by atoms with Crippen molar-refractivity contribution in [3.8, 4) is 0 Å². The van der Waals surface area contributed by atoms with E-state index in [0.29, 0.717) is 9.21 Å². The number of halogens is 1. The second-order valence-corrected chi connectivity index (χ2v) is 8.00. The molecule has 3 amide bonds. The number of amides is 3. The lowest BCUT2D eigenvalue weighted by Crippen LogP contribution is -2.54. The molecule has 118 valence electrons. The van der Waals surface area contributed by atoms with Crippen molar-refractivity contribution in [2.24, 2.45) is 0 Å². The van der Waals surface area contributed by atoms with Crippen LogP contribution in [-0.2, 0) is 4.79 Å². The van der Waals surface area contributed by atoms with E-state index in [1.165, 1.54) is 16.2 Å². The molecule has 1 aromatic rings. The minimum absolute atomic E-state index is 0.152. The molecule has 1 saturated carbocycles. The molecular weight excluding hydrogens is 344 g/mol. The topological polar surface area (TPSA) is 66.5 Å². The van der Waals surface area contributed by atoms with Gasteiger partial charge in [0.1, 0.15) is 0 Å². The third-order valence-electron chi connectivity index (χ3n) is 3.96. The van der Waals surface area contributed by atoms with Crippen LogP contribution in [0.3, 0.4) is 0 Å². The molecule has 0 unspecified atom stereocenters. The van der Waals surface area contributed by atoms with E-state index in [1.54, 1.807) is 12.1 Å². The van der Waals surface area contributed by atoms with Gasteiger partial charge in [-0.1, -0.05) is 36.2 Å². The fourth-order valence-corrected chi connectivity index (χ4v) is 4.66. The summed E-state index contributed by atoms with van der Waals surface area (Å²) < 4.78 is 0.562. The number of hydrogen-bond donors (Lipinski definition) is 1. The quantitative estimate of drug-likeness (QED) is 0.901. The molecule has 1 aromatic heterocycles. The van der Waals surface area contributed by atoms with Gasteiger partial charge >= 0.3 is 0 Å². The fourth-order valence-electron chi connectivity index (χ4n) is 2.95. The highest BCUT2D eigenvalue weighted by Gasteiger charge is 2.41. The maximum absolute atomic E-state index is 12.3. The molecule has 0 bridgehead atoms. The zero-order valence-corrected chi connectivity index (χ0v) is 14.1. The van der Waals surface area contributed by atoms with Gasteiger partial charge in [0.25, 0.3) is 11.1 Å². The largest absolute Gasteiger partial charge is 0.347 e. The molecule has 1 N–H and O–H groups in total. The molecule has 1 saturated heterocycles. The predicted molar refractivity (Wildman–Crippen MR) is 87.5 cm³/mol. The third kappa shape index (κ3) is 3.16. The molecule has 22 heavy (non-hydrogen) atoms. The number of rotatable bonds is 3. The zero-order chi connectivity index (χ0) is 15.7. The summed E-state index contributed by atoms with van der Waals surface area (Å²) in [5, 5.41) is 2.78. The van der Waals surface area contributed by atoms with Gasteiger partial charge in [0.2, 0.25) is 5.91 Å². The van der Waals surface area contributed by atoms with E-state index in [9.17, 15) is 14.4 Å². The Labute approximate surface area is 141 Å². The molecule has 3 rings (SSSR count). The van der Waals surface area contributed by atoms with Gasteiger partial charge in [-0.15, -0.1) is 11.3 Å². The summed E-state index contributed by atoms with van der Waals surface area (Å²) in [6.45, 7) is 0. The summed E-state index contributed by atoms with van der Waals surface area (Å²) in [4.78, 5) is 38.1. The van der Waals surface area contributed by atoms with Crippen molar-refractivity contribution in [2.45, 2.75) is 37.8 Å². The summed E-state index contributed by atoms with van der Waals surface area (Å²) in [7, 11) is 0. The number of thiophene rings is 1. The molecule has 5 nitrogen and oxygen atoms in total. The molecule has 1 aliphatic heterocycles. The van der Waals surface area contributed by atoms with E-state index in [4.69, 9.17) is 11.6 Å². The normalized spacial score (nSPS) is 25.6. The molecule has 8 heteroatoms. The minimum Gasteiger partial charge on any atom is -0.347 e. The van der Waals surface area contributed by atoms with Crippen LogP contribution in [-0.4, -0.2) is 39.8 Å². The average molecular weight is 359 g/mol. The first-order valence-electron chi connectivity index (χ1n) is 7.11. The van der Waals surface area contributed by atoms with E-state index in [2.05, 4.69) is 5.32 Å². The summed E-state index contributed by atoms with van der Waals surface area (Å²) in [6, 6.07) is 2.95. The van der Waals surface area contributed by atoms with E-state index in [0.717, 1.165) is 37.4 Å². The molecule has 2 aliphatic rings. The number of carbonyl (C=O) groups excluding carboxylic acids is 3. The van der Waals surface area contributed by atoms with Gasteiger partial charge in [-0.2, -0.15) is 0 Å². The molecule has 0 spiro atoms. The Hall–Kier alpha value is -1.05. The number of hydrogen-bond acceptors (Lipinski definition) is 5. The van der Waals surface area contributed by atoms with E-state index >= 15 is 0 Å². The lowest BCUT2D eigenvalue weighted by atomic mass is 9.89. The monoisotopic (exact) mass is 358 g/mol. The van der Waals surface area contributed by atoms with Crippen LogP contribution in [0.2, 0.25) is 4.34 Å². The molecule has 1 aliphatic carbocycles. The van der Waals surface area contributed by atoms with Gasteiger partial charge in [-0.05, 0) is 25.0 Å². The lowest BCUT2D eigenvalue weighted by Gasteiger charge is -2.36. The minimum atomic E-state index is -0.233. The van der Waals surface area contributed by atoms with Gasteiger partial charge in [0, 0.05) is 0 Å². The molecule has 2 heterocycles. The van der Waals surface area contributed by atoms with Crippen molar-refractivity contribution >= 4 is 51.8 Å². The Bertz CT molecular complexity index is 603. The van der Waals surface area contributed by atoms with Crippen molar-refractivity contribution in [2.75, 3.05) is 5.75 Å². The Morgan fingerprint density at radius 3 is 2.68 bits per heavy atom. The Kier molecular flexibility index (Phi) is 4.75. The van der Waals surface area contributed by atoms with Crippen LogP contribution in [0.1, 0.15) is 35.4 Å². The summed E-state index contributed by atoms with van der Waals surface area (Å²) in [5.74, 6) is -0.142. The van der Waals surface area contributed by atoms with Crippen molar-refractivity contribution in [1.29, 1.82) is 0 Å².